The van der Waals surface area contributed by atoms with Crippen LogP contribution in [-0.2, 0) is 4.74 Å². The van der Waals surface area contributed by atoms with Crippen molar-refractivity contribution < 1.29 is 9.66 Å². The molecule has 1 aromatic heterocycles. The molecule has 2 unspecified atom stereocenters. The van der Waals surface area contributed by atoms with E-state index in [9.17, 15) is 14.9 Å². The van der Waals surface area contributed by atoms with E-state index >= 15 is 0 Å². The van der Waals surface area contributed by atoms with Crippen LogP contribution in [0.25, 0.3) is 5.69 Å². The van der Waals surface area contributed by atoms with Crippen LogP contribution >= 0.6 is 11.6 Å². The molecule has 154 valence electrons. The van der Waals surface area contributed by atoms with E-state index in [0.29, 0.717) is 18.0 Å². The first kappa shape index (κ1) is 20.1. The molecule has 0 aliphatic carbocycles. The average molecular weight is 427 g/mol. The Hall–Kier alpha value is -3.23. The Morgan fingerprint density at radius 2 is 1.90 bits per heavy atom. The van der Waals surface area contributed by atoms with E-state index in [4.69, 9.17) is 16.3 Å². The van der Waals surface area contributed by atoms with E-state index < -0.39 is 10.5 Å². The summed E-state index contributed by atoms with van der Waals surface area (Å²) < 4.78 is 7.01. The molecule has 0 saturated carbocycles. The van der Waals surface area contributed by atoms with E-state index in [2.05, 4.69) is 10.4 Å². The lowest BCUT2D eigenvalue weighted by Crippen LogP contribution is -2.31. The minimum Gasteiger partial charge on any atom is -0.379 e. The van der Waals surface area contributed by atoms with Gasteiger partial charge in [0.1, 0.15) is 5.02 Å². The van der Waals surface area contributed by atoms with E-state index in [-0.39, 0.29) is 22.9 Å². The fourth-order valence-electron chi connectivity index (χ4n) is 3.48. The zero-order chi connectivity index (χ0) is 21.1. The van der Waals surface area contributed by atoms with Crippen LogP contribution in [0.4, 0.5) is 11.4 Å². The summed E-state index contributed by atoms with van der Waals surface area (Å²) in [4.78, 5) is 23.0. The number of nitro benzene ring substituents is 1. The van der Waals surface area contributed by atoms with Crippen LogP contribution in [0.15, 0.2) is 65.6 Å². The van der Waals surface area contributed by atoms with Crippen molar-refractivity contribution in [3.8, 4) is 5.69 Å². The van der Waals surface area contributed by atoms with Gasteiger partial charge in [0, 0.05) is 24.8 Å². The lowest BCUT2D eigenvalue weighted by atomic mass is 9.97. The van der Waals surface area contributed by atoms with Crippen molar-refractivity contribution >= 4 is 23.0 Å². The number of ether oxygens (including phenoxy) is 1. The molecule has 8 nitrogen and oxygen atoms in total. The Balaban J connectivity index is 1.52. The molecule has 30 heavy (non-hydrogen) atoms. The second kappa shape index (κ2) is 8.64. The van der Waals surface area contributed by atoms with Crippen molar-refractivity contribution in [2.75, 3.05) is 11.9 Å². The first-order chi connectivity index (χ1) is 14.5. The molecule has 2 heterocycles. The number of nitrogens with zero attached hydrogens (tertiary/aromatic N) is 3. The van der Waals surface area contributed by atoms with Gasteiger partial charge in [-0.2, -0.15) is 9.78 Å². The third kappa shape index (κ3) is 4.19. The number of halogens is 1. The monoisotopic (exact) mass is 426 g/mol. The second-order valence-corrected chi connectivity index (χ2v) is 7.38. The zero-order valence-corrected chi connectivity index (χ0v) is 16.7. The Bertz CT molecular complexity index is 1100. The molecule has 1 N–H and O–H groups in total. The Morgan fingerprint density at radius 1 is 1.17 bits per heavy atom. The number of non-ortho nitro benzene ring substituents is 1. The number of rotatable bonds is 5. The van der Waals surface area contributed by atoms with Gasteiger partial charge in [-0.15, -0.1) is 0 Å². The molecule has 0 amide bonds. The van der Waals surface area contributed by atoms with E-state index in [1.165, 1.54) is 30.5 Å². The fourth-order valence-corrected chi connectivity index (χ4v) is 3.66. The maximum absolute atomic E-state index is 12.7. The maximum atomic E-state index is 12.7. The molecule has 3 aromatic rings. The van der Waals surface area contributed by atoms with Crippen LogP contribution in [0.1, 0.15) is 24.5 Å². The highest BCUT2D eigenvalue weighted by Crippen LogP contribution is 2.30. The van der Waals surface area contributed by atoms with Gasteiger partial charge in [-0.1, -0.05) is 41.9 Å². The first-order valence-corrected chi connectivity index (χ1v) is 9.86. The normalized spacial score (nSPS) is 18.7. The summed E-state index contributed by atoms with van der Waals surface area (Å²) in [5, 5.41) is 18.3. The molecule has 1 aliphatic rings. The van der Waals surface area contributed by atoms with Gasteiger partial charge in [-0.3, -0.25) is 14.9 Å². The molecule has 1 saturated heterocycles. The summed E-state index contributed by atoms with van der Waals surface area (Å²) in [7, 11) is 0. The predicted molar refractivity (Wildman–Crippen MR) is 113 cm³/mol. The minimum atomic E-state index is -0.503. The molecule has 0 bridgehead atoms. The van der Waals surface area contributed by atoms with Crippen LogP contribution < -0.4 is 10.9 Å². The minimum absolute atomic E-state index is 0.0195. The van der Waals surface area contributed by atoms with E-state index in [0.717, 1.165) is 23.1 Å². The quantitative estimate of drug-likeness (QED) is 0.486. The maximum Gasteiger partial charge on any atom is 0.292 e. The summed E-state index contributed by atoms with van der Waals surface area (Å²) in [6, 6.07) is 15.6. The van der Waals surface area contributed by atoms with Gasteiger partial charge >= 0.3 is 0 Å². The SMILES string of the molecule is O=c1c(Cl)c(NC2CCOC(c3ccccc3)C2)cnn1-c1ccc([N+](=O)[O-])cc1. The molecule has 0 radical (unpaired) electrons. The first-order valence-electron chi connectivity index (χ1n) is 9.48. The summed E-state index contributed by atoms with van der Waals surface area (Å²) in [6.07, 6.45) is 3.00. The van der Waals surface area contributed by atoms with Crippen molar-refractivity contribution in [1.29, 1.82) is 0 Å². The van der Waals surface area contributed by atoms with Gasteiger partial charge < -0.3 is 10.1 Å². The van der Waals surface area contributed by atoms with Crippen molar-refractivity contribution in [2.24, 2.45) is 0 Å². The van der Waals surface area contributed by atoms with Gasteiger partial charge in [-0.05, 0) is 30.5 Å². The lowest BCUT2D eigenvalue weighted by molar-refractivity contribution is -0.384. The number of aromatic nitrogens is 2. The topological polar surface area (TPSA) is 99.3 Å². The molecule has 1 aliphatic heterocycles. The molecule has 9 heteroatoms. The molecular weight excluding hydrogens is 408 g/mol. The van der Waals surface area contributed by atoms with Crippen molar-refractivity contribution in [3.63, 3.8) is 0 Å². The molecular formula is C21H19ClN4O4. The van der Waals surface area contributed by atoms with Gasteiger partial charge in [0.05, 0.1) is 28.6 Å². The van der Waals surface area contributed by atoms with E-state index in [1.807, 2.05) is 30.3 Å². The number of hydrogen-bond donors (Lipinski definition) is 1. The predicted octanol–water partition coefficient (Wildman–Crippen LogP) is 4.13. The van der Waals surface area contributed by atoms with Gasteiger partial charge in [0.15, 0.2) is 0 Å². The zero-order valence-electron chi connectivity index (χ0n) is 15.9. The highest BCUT2D eigenvalue weighted by molar-refractivity contribution is 6.33. The molecule has 4 rings (SSSR count). The molecule has 1 fully saturated rings. The summed E-state index contributed by atoms with van der Waals surface area (Å²) in [6.45, 7) is 0.599. The van der Waals surface area contributed by atoms with Crippen molar-refractivity contribution in [1.82, 2.24) is 9.78 Å². The van der Waals surface area contributed by atoms with Crippen LogP contribution in [0.5, 0.6) is 0 Å². The Morgan fingerprint density at radius 3 is 2.60 bits per heavy atom. The van der Waals surface area contributed by atoms with Crippen LogP contribution in [0.2, 0.25) is 5.02 Å². The van der Waals surface area contributed by atoms with Gasteiger partial charge in [-0.25, -0.2) is 0 Å². The molecule has 2 atom stereocenters. The smallest absolute Gasteiger partial charge is 0.292 e. The van der Waals surface area contributed by atoms with Gasteiger partial charge in [0.2, 0.25) is 0 Å². The number of benzene rings is 2. The second-order valence-electron chi connectivity index (χ2n) is 7.00. The molecule has 0 spiro atoms. The van der Waals surface area contributed by atoms with E-state index in [1.54, 1.807) is 0 Å². The highest BCUT2D eigenvalue weighted by Gasteiger charge is 2.25. The lowest BCUT2D eigenvalue weighted by Gasteiger charge is -2.31. The third-order valence-electron chi connectivity index (χ3n) is 5.04. The standard InChI is InChI=1S/C21H19ClN4O4/c22-20-18(24-15-10-11-30-19(12-15)14-4-2-1-3-5-14)13-23-25(21(20)27)16-6-8-17(9-7-16)26(28)29/h1-9,13,15,19,24H,10-12H2. The number of anilines is 1. The number of hydrogen-bond acceptors (Lipinski definition) is 6. The van der Waals surface area contributed by atoms with Crippen molar-refractivity contribution in [2.45, 2.75) is 25.0 Å². The third-order valence-corrected chi connectivity index (χ3v) is 5.40. The Labute approximate surface area is 177 Å². The summed E-state index contributed by atoms with van der Waals surface area (Å²) in [5.41, 5.74) is 1.40. The summed E-state index contributed by atoms with van der Waals surface area (Å²) in [5.74, 6) is 0. The number of nitrogens with one attached hydrogen (secondary N) is 1. The molecule has 2 aromatic carbocycles. The Kier molecular flexibility index (Phi) is 5.78. The number of nitro groups is 1. The fraction of sp³-hybridized carbons (Fsp3) is 0.238. The highest BCUT2D eigenvalue weighted by atomic mass is 35.5. The van der Waals surface area contributed by atoms with Crippen molar-refractivity contribution in [3.05, 3.63) is 91.8 Å². The van der Waals surface area contributed by atoms with Crippen LogP contribution in [-0.4, -0.2) is 27.4 Å². The summed E-state index contributed by atoms with van der Waals surface area (Å²) >= 11 is 6.33. The van der Waals surface area contributed by atoms with Gasteiger partial charge in [0.25, 0.3) is 11.2 Å². The largest absolute Gasteiger partial charge is 0.379 e. The van der Waals surface area contributed by atoms with Crippen LogP contribution in [0, 0.1) is 10.1 Å². The average Bonchev–Trinajstić information content (AvgIpc) is 2.78. The van der Waals surface area contributed by atoms with Crippen LogP contribution in [0.3, 0.4) is 0 Å².